The predicted octanol–water partition coefficient (Wildman–Crippen LogP) is 1.60. The van der Waals surface area contributed by atoms with Crippen molar-refractivity contribution in [1.82, 2.24) is 10.2 Å². The molecule has 1 saturated heterocycles. The quantitative estimate of drug-likeness (QED) is 0.885. The molecule has 4 nitrogen and oxygen atoms in total. The van der Waals surface area contributed by atoms with Gasteiger partial charge in [-0.2, -0.15) is 0 Å². The van der Waals surface area contributed by atoms with Crippen LogP contribution in [0.15, 0.2) is 24.3 Å². The molecule has 18 heavy (non-hydrogen) atoms. The second-order valence-electron chi connectivity index (χ2n) is 4.29. The number of nitrogens with zero attached hydrogens (tertiary/aromatic N) is 1. The van der Waals surface area contributed by atoms with Crippen LogP contribution < -0.4 is 10.6 Å². The Balaban J connectivity index is 0.00000162. The zero-order chi connectivity index (χ0) is 12.3. The van der Waals surface area contributed by atoms with Gasteiger partial charge in [0.2, 0.25) is 5.91 Å². The van der Waals surface area contributed by atoms with Gasteiger partial charge in [0.25, 0.3) is 0 Å². The fraction of sp³-hybridized carbons (Fsp3) is 0.417. The van der Waals surface area contributed by atoms with Gasteiger partial charge in [0.1, 0.15) is 0 Å². The second kappa shape index (κ2) is 6.95. The van der Waals surface area contributed by atoms with Gasteiger partial charge in [-0.05, 0) is 25.2 Å². The van der Waals surface area contributed by atoms with Gasteiger partial charge in [0, 0.05) is 29.8 Å². The third kappa shape index (κ3) is 4.14. The summed E-state index contributed by atoms with van der Waals surface area (Å²) >= 11 is 5.85. The van der Waals surface area contributed by atoms with Crippen molar-refractivity contribution < 1.29 is 4.79 Å². The number of carbonyl (C=O) groups is 1. The largest absolute Gasteiger partial charge is 0.325 e. The minimum Gasteiger partial charge on any atom is -0.325 e. The molecule has 1 aromatic carbocycles. The van der Waals surface area contributed by atoms with Crippen molar-refractivity contribution in [3.05, 3.63) is 29.3 Å². The number of amides is 1. The Hall–Kier alpha value is -0.810. The SMILES string of the molecule is CN(CC(=O)Nc1cccc(Cl)c1)C1CNC1.Cl. The monoisotopic (exact) mass is 289 g/mol. The molecule has 0 aromatic heterocycles. The van der Waals surface area contributed by atoms with Crippen LogP contribution in [-0.4, -0.2) is 43.5 Å². The number of hydrogen-bond acceptors (Lipinski definition) is 3. The molecule has 6 heteroatoms. The summed E-state index contributed by atoms with van der Waals surface area (Å²) in [6.45, 7) is 2.32. The molecule has 2 N–H and O–H groups in total. The van der Waals surface area contributed by atoms with Gasteiger partial charge in [-0.1, -0.05) is 17.7 Å². The molecule has 0 unspecified atom stereocenters. The molecule has 100 valence electrons. The highest BCUT2D eigenvalue weighted by atomic mass is 35.5. The lowest BCUT2D eigenvalue weighted by Gasteiger charge is -2.35. The van der Waals surface area contributed by atoms with Gasteiger partial charge in [-0.25, -0.2) is 0 Å². The van der Waals surface area contributed by atoms with Gasteiger partial charge in [0.15, 0.2) is 0 Å². The molecule has 1 aromatic rings. The molecule has 0 saturated carbocycles. The van der Waals surface area contributed by atoms with Gasteiger partial charge >= 0.3 is 0 Å². The van der Waals surface area contributed by atoms with E-state index in [1.165, 1.54) is 0 Å². The first kappa shape index (κ1) is 15.2. The Morgan fingerprint density at radius 3 is 2.83 bits per heavy atom. The number of benzene rings is 1. The van der Waals surface area contributed by atoms with Crippen LogP contribution in [0.2, 0.25) is 5.02 Å². The molecule has 1 aliphatic rings. The fourth-order valence-electron chi connectivity index (χ4n) is 1.71. The molecule has 1 amide bonds. The number of halogens is 2. The molecule has 1 aliphatic heterocycles. The van der Waals surface area contributed by atoms with E-state index in [-0.39, 0.29) is 18.3 Å². The number of anilines is 1. The Labute approximate surface area is 118 Å². The second-order valence-corrected chi connectivity index (χ2v) is 4.72. The van der Waals surface area contributed by atoms with Gasteiger partial charge < -0.3 is 10.6 Å². The summed E-state index contributed by atoms with van der Waals surface area (Å²) in [7, 11) is 1.96. The summed E-state index contributed by atoms with van der Waals surface area (Å²) in [5, 5.41) is 6.64. The zero-order valence-electron chi connectivity index (χ0n) is 10.1. The third-order valence-corrected chi connectivity index (χ3v) is 3.12. The predicted molar refractivity (Wildman–Crippen MR) is 76.6 cm³/mol. The average Bonchev–Trinajstić information content (AvgIpc) is 2.13. The number of carbonyl (C=O) groups excluding carboxylic acids is 1. The maximum absolute atomic E-state index is 11.8. The molecule has 1 fully saturated rings. The van der Waals surface area contributed by atoms with E-state index in [1.807, 2.05) is 19.2 Å². The highest BCUT2D eigenvalue weighted by Crippen LogP contribution is 2.14. The Kier molecular flexibility index (Phi) is 5.88. The van der Waals surface area contributed by atoms with Gasteiger partial charge in [-0.15, -0.1) is 12.4 Å². The van der Waals surface area contributed by atoms with Crippen molar-refractivity contribution in [1.29, 1.82) is 0 Å². The van der Waals surface area contributed by atoms with Crippen LogP contribution in [0.1, 0.15) is 0 Å². The highest BCUT2D eigenvalue weighted by molar-refractivity contribution is 6.30. The zero-order valence-corrected chi connectivity index (χ0v) is 11.7. The van der Waals surface area contributed by atoms with Gasteiger partial charge in [0.05, 0.1) is 6.54 Å². The first-order chi connectivity index (χ1) is 8.15. The summed E-state index contributed by atoms with van der Waals surface area (Å²) in [6, 6.07) is 7.64. The molecule has 0 aliphatic carbocycles. The number of likely N-dealkylation sites (N-methyl/N-ethyl adjacent to an activating group) is 1. The minimum atomic E-state index is -0.0123. The van der Waals surface area contributed by atoms with E-state index in [0.717, 1.165) is 18.8 Å². The topological polar surface area (TPSA) is 44.4 Å². The lowest BCUT2D eigenvalue weighted by Crippen LogP contribution is -2.57. The smallest absolute Gasteiger partial charge is 0.238 e. The van der Waals surface area contributed by atoms with E-state index >= 15 is 0 Å². The molecule has 0 radical (unpaired) electrons. The van der Waals surface area contributed by atoms with E-state index in [9.17, 15) is 4.79 Å². The Bertz CT molecular complexity index is 410. The number of hydrogen-bond donors (Lipinski definition) is 2. The van der Waals surface area contributed by atoms with Crippen molar-refractivity contribution in [2.75, 3.05) is 32.0 Å². The molecule has 0 spiro atoms. The maximum Gasteiger partial charge on any atom is 0.238 e. The normalized spacial score (nSPS) is 14.8. The van der Waals surface area contributed by atoms with Crippen LogP contribution >= 0.6 is 24.0 Å². The van der Waals surface area contributed by atoms with Crippen molar-refractivity contribution in [3.63, 3.8) is 0 Å². The van der Waals surface area contributed by atoms with Crippen molar-refractivity contribution in [3.8, 4) is 0 Å². The minimum absolute atomic E-state index is 0. The number of rotatable bonds is 4. The first-order valence-electron chi connectivity index (χ1n) is 5.61. The van der Waals surface area contributed by atoms with Crippen LogP contribution in [0.3, 0.4) is 0 Å². The lowest BCUT2D eigenvalue weighted by molar-refractivity contribution is -0.117. The molecular weight excluding hydrogens is 273 g/mol. The van der Waals surface area contributed by atoms with Gasteiger partial charge in [-0.3, -0.25) is 9.69 Å². The molecular formula is C12H17Cl2N3O. The maximum atomic E-state index is 11.8. The van der Waals surface area contributed by atoms with Crippen molar-refractivity contribution >= 4 is 35.6 Å². The summed E-state index contributed by atoms with van der Waals surface area (Å²) < 4.78 is 0. The van der Waals surface area contributed by atoms with E-state index in [1.54, 1.807) is 12.1 Å². The number of nitrogens with one attached hydrogen (secondary N) is 2. The van der Waals surface area contributed by atoms with Crippen molar-refractivity contribution in [2.24, 2.45) is 0 Å². The highest BCUT2D eigenvalue weighted by Gasteiger charge is 2.22. The lowest BCUT2D eigenvalue weighted by atomic mass is 10.1. The van der Waals surface area contributed by atoms with Crippen LogP contribution in [0.5, 0.6) is 0 Å². The van der Waals surface area contributed by atoms with E-state index in [4.69, 9.17) is 11.6 Å². The molecule has 0 atom stereocenters. The van der Waals surface area contributed by atoms with Crippen molar-refractivity contribution in [2.45, 2.75) is 6.04 Å². The Morgan fingerprint density at radius 2 is 2.28 bits per heavy atom. The Morgan fingerprint density at radius 1 is 1.56 bits per heavy atom. The molecule has 1 heterocycles. The van der Waals surface area contributed by atoms with Crippen LogP contribution in [0.4, 0.5) is 5.69 Å². The molecule has 0 bridgehead atoms. The first-order valence-corrected chi connectivity index (χ1v) is 5.99. The van der Waals surface area contributed by atoms with Crippen LogP contribution in [0, 0.1) is 0 Å². The molecule has 2 rings (SSSR count). The van der Waals surface area contributed by atoms with E-state index < -0.39 is 0 Å². The summed E-state index contributed by atoms with van der Waals surface area (Å²) in [5.74, 6) is -0.0123. The summed E-state index contributed by atoms with van der Waals surface area (Å²) in [6.07, 6.45) is 0. The fourth-order valence-corrected chi connectivity index (χ4v) is 1.90. The third-order valence-electron chi connectivity index (χ3n) is 2.88. The standard InChI is InChI=1S/C12H16ClN3O.ClH/c1-16(11-6-14-7-11)8-12(17)15-10-4-2-3-9(13)5-10;/h2-5,11,14H,6-8H2,1H3,(H,15,17);1H. The summed E-state index contributed by atoms with van der Waals surface area (Å²) in [4.78, 5) is 13.8. The average molecular weight is 290 g/mol. The van der Waals surface area contributed by atoms with E-state index in [2.05, 4.69) is 15.5 Å². The summed E-state index contributed by atoms with van der Waals surface area (Å²) in [5.41, 5.74) is 0.739. The van der Waals surface area contributed by atoms with E-state index in [0.29, 0.717) is 17.6 Å². The van der Waals surface area contributed by atoms with Crippen LogP contribution in [-0.2, 0) is 4.79 Å². The van der Waals surface area contributed by atoms with Crippen LogP contribution in [0.25, 0.3) is 0 Å².